The first kappa shape index (κ1) is 11.8. The molecule has 0 aliphatic rings. The highest BCUT2D eigenvalue weighted by molar-refractivity contribution is 7.80. The molecule has 3 rings (SSSR count). The van der Waals surface area contributed by atoms with Crippen molar-refractivity contribution >= 4 is 28.1 Å². The third kappa shape index (κ3) is 2.08. The number of nitrogens with two attached hydrogens (primary N) is 1. The van der Waals surface area contributed by atoms with Crippen LogP contribution in [0.25, 0.3) is 10.9 Å². The third-order valence-corrected chi connectivity index (χ3v) is 3.16. The summed E-state index contributed by atoms with van der Waals surface area (Å²) in [6, 6.07) is 7.89. The monoisotopic (exact) mass is 272 g/mol. The number of tetrazole rings is 1. The normalized spacial score (nSPS) is 11.0. The molecule has 0 amide bonds. The van der Waals surface area contributed by atoms with E-state index in [9.17, 15) is 0 Å². The number of hydrogen-bond acceptors (Lipinski definition) is 4. The highest BCUT2D eigenvalue weighted by atomic mass is 32.1. The molecule has 7 heteroatoms. The van der Waals surface area contributed by atoms with Crippen LogP contribution in [-0.2, 0) is 13.6 Å². The van der Waals surface area contributed by atoms with Gasteiger partial charge in [0, 0.05) is 22.7 Å². The zero-order valence-electron chi connectivity index (χ0n) is 10.3. The van der Waals surface area contributed by atoms with Crippen LogP contribution in [0.1, 0.15) is 11.4 Å². The lowest BCUT2D eigenvalue weighted by molar-refractivity contribution is 0.626. The van der Waals surface area contributed by atoms with Crippen LogP contribution >= 0.6 is 12.2 Å². The molecule has 96 valence electrons. The van der Waals surface area contributed by atoms with Gasteiger partial charge >= 0.3 is 0 Å². The molecule has 0 radical (unpaired) electrons. The van der Waals surface area contributed by atoms with E-state index in [2.05, 4.69) is 15.4 Å². The molecule has 2 aromatic heterocycles. The summed E-state index contributed by atoms with van der Waals surface area (Å²) in [6.07, 6.45) is 1.98. The van der Waals surface area contributed by atoms with Crippen LogP contribution in [0.3, 0.4) is 0 Å². The van der Waals surface area contributed by atoms with Gasteiger partial charge in [-0.05, 0) is 17.3 Å². The van der Waals surface area contributed by atoms with Crippen molar-refractivity contribution in [1.82, 2.24) is 24.8 Å². The fourth-order valence-corrected chi connectivity index (χ4v) is 2.29. The van der Waals surface area contributed by atoms with Crippen molar-refractivity contribution in [3.05, 3.63) is 41.9 Å². The fraction of sp³-hybridized carbons (Fsp3) is 0.167. The number of aryl methyl sites for hydroxylation is 1. The Balaban J connectivity index is 2.06. The van der Waals surface area contributed by atoms with E-state index in [-0.39, 0.29) is 0 Å². The zero-order valence-corrected chi connectivity index (χ0v) is 11.1. The van der Waals surface area contributed by atoms with Gasteiger partial charge in [-0.15, -0.1) is 10.2 Å². The molecule has 6 nitrogen and oxygen atoms in total. The van der Waals surface area contributed by atoms with Gasteiger partial charge in [0.15, 0.2) is 5.82 Å². The molecule has 19 heavy (non-hydrogen) atoms. The van der Waals surface area contributed by atoms with E-state index in [0.29, 0.717) is 17.4 Å². The number of rotatable bonds is 3. The summed E-state index contributed by atoms with van der Waals surface area (Å²) in [5, 5.41) is 13.0. The lowest BCUT2D eigenvalue weighted by atomic mass is 10.1. The first-order chi connectivity index (χ1) is 9.15. The minimum atomic E-state index is 0.404. The number of thiocarbonyl (C=S) groups is 1. The van der Waals surface area contributed by atoms with Gasteiger partial charge in [0.2, 0.25) is 0 Å². The second-order valence-corrected chi connectivity index (χ2v) is 4.68. The molecule has 2 N–H and O–H groups in total. The number of nitrogens with zero attached hydrogens (tertiary/aromatic N) is 5. The summed E-state index contributed by atoms with van der Waals surface area (Å²) in [6.45, 7) is 0.568. The topological polar surface area (TPSA) is 74.5 Å². The van der Waals surface area contributed by atoms with E-state index in [0.717, 1.165) is 16.5 Å². The van der Waals surface area contributed by atoms with Crippen molar-refractivity contribution in [2.45, 2.75) is 6.54 Å². The molecule has 0 fully saturated rings. The Hall–Kier alpha value is -2.28. The second-order valence-electron chi connectivity index (χ2n) is 4.24. The molecule has 0 saturated heterocycles. The molecule has 0 saturated carbocycles. The van der Waals surface area contributed by atoms with Crippen molar-refractivity contribution in [2.75, 3.05) is 0 Å². The third-order valence-electron chi connectivity index (χ3n) is 2.94. The average molecular weight is 272 g/mol. The minimum Gasteiger partial charge on any atom is -0.389 e. The summed E-state index contributed by atoms with van der Waals surface area (Å²) >= 11 is 5.06. The van der Waals surface area contributed by atoms with E-state index in [4.69, 9.17) is 18.0 Å². The fourth-order valence-electron chi connectivity index (χ4n) is 2.12. The Kier molecular flexibility index (Phi) is 2.75. The predicted molar refractivity (Wildman–Crippen MR) is 75.7 cm³/mol. The molecular weight excluding hydrogens is 260 g/mol. The van der Waals surface area contributed by atoms with Crippen molar-refractivity contribution < 1.29 is 0 Å². The second kappa shape index (κ2) is 4.43. The maximum atomic E-state index is 5.73. The van der Waals surface area contributed by atoms with Crippen molar-refractivity contribution in [1.29, 1.82) is 0 Å². The first-order valence-electron chi connectivity index (χ1n) is 5.75. The van der Waals surface area contributed by atoms with Crippen molar-refractivity contribution in [3.63, 3.8) is 0 Å². The highest BCUT2D eigenvalue weighted by Crippen LogP contribution is 2.20. The zero-order chi connectivity index (χ0) is 13.4. The van der Waals surface area contributed by atoms with Crippen LogP contribution in [0.15, 0.2) is 30.5 Å². The number of hydrogen-bond donors (Lipinski definition) is 1. The largest absolute Gasteiger partial charge is 0.389 e. The quantitative estimate of drug-likeness (QED) is 0.715. The van der Waals surface area contributed by atoms with Crippen LogP contribution in [0.2, 0.25) is 0 Å². The van der Waals surface area contributed by atoms with E-state index < -0.39 is 0 Å². The minimum absolute atomic E-state index is 0.404. The van der Waals surface area contributed by atoms with E-state index in [1.54, 1.807) is 7.05 Å². The Morgan fingerprint density at radius 3 is 2.89 bits per heavy atom. The molecule has 0 aliphatic carbocycles. The molecule has 3 aromatic rings. The average Bonchev–Trinajstić information content (AvgIpc) is 2.97. The molecule has 0 spiro atoms. The first-order valence-corrected chi connectivity index (χ1v) is 6.16. The maximum absolute atomic E-state index is 5.73. The van der Waals surface area contributed by atoms with Crippen molar-refractivity contribution in [3.8, 4) is 0 Å². The Labute approximate surface area is 114 Å². The molecule has 1 aromatic carbocycles. The van der Waals surface area contributed by atoms with Gasteiger partial charge in [-0.25, -0.2) is 0 Å². The van der Waals surface area contributed by atoms with Gasteiger partial charge in [-0.3, -0.25) is 0 Å². The molecular formula is C12H12N6S. The van der Waals surface area contributed by atoms with Gasteiger partial charge < -0.3 is 10.3 Å². The SMILES string of the molecule is Cn1nnc(Cn2ccc3c(C(N)=S)cccc32)n1. The summed E-state index contributed by atoms with van der Waals surface area (Å²) in [4.78, 5) is 1.85. The van der Waals surface area contributed by atoms with Crippen LogP contribution < -0.4 is 5.73 Å². The number of benzene rings is 1. The van der Waals surface area contributed by atoms with Crippen LogP contribution in [0.5, 0.6) is 0 Å². The number of fused-ring (bicyclic) bond motifs is 1. The van der Waals surface area contributed by atoms with Gasteiger partial charge in [0.25, 0.3) is 0 Å². The predicted octanol–water partition coefficient (Wildman–Crippen LogP) is 0.847. The van der Waals surface area contributed by atoms with E-state index in [1.165, 1.54) is 4.80 Å². The Morgan fingerprint density at radius 1 is 1.37 bits per heavy atom. The van der Waals surface area contributed by atoms with Crippen LogP contribution in [0, 0.1) is 0 Å². The van der Waals surface area contributed by atoms with Crippen LogP contribution in [0.4, 0.5) is 0 Å². The van der Waals surface area contributed by atoms with Gasteiger partial charge in [0.05, 0.1) is 13.6 Å². The molecule has 2 heterocycles. The smallest absolute Gasteiger partial charge is 0.194 e. The number of aromatic nitrogens is 5. The standard InChI is InChI=1S/C12H12N6S/c1-17-15-11(14-16-17)7-18-6-5-8-9(12(13)19)3-2-4-10(8)18/h2-6H,7H2,1H3,(H2,13,19). The molecule has 0 atom stereocenters. The lowest BCUT2D eigenvalue weighted by Gasteiger charge is -2.04. The Morgan fingerprint density at radius 2 is 2.21 bits per heavy atom. The molecule has 0 unspecified atom stereocenters. The lowest BCUT2D eigenvalue weighted by Crippen LogP contribution is -2.09. The molecule has 0 bridgehead atoms. The summed E-state index contributed by atoms with van der Waals surface area (Å²) in [5.74, 6) is 0.667. The van der Waals surface area contributed by atoms with Crippen molar-refractivity contribution in [2.24, 2.45) is 12.8 Å². The summed E-state index contributed by atoms with van der Waals surface area (Å²) < 4.78 is 2.05. The molecule has 0 aliphatic heterocycles. The van der Waals surface area contributed by atoms with Crippen LogP contribution in [-0.4, -0.2) is 29.8 Å². The maximum Gasteiger partial charge on any atom is 0.194 e. The highest BCUT2D eigenvalue weighted by Gasteiger charge is 2.09. The van der Waals surface area contributed by atoms with Gasteiger partial charge in [0.1, 0.15) is 4.99 Å². The van der Waals surface area contributed by atoms with Gasteiger partial charge in [-0.2, -0.15) is 4.80 Å². The summed E-state index contributed by atoms with van der Waals surface area (Å²) in [5.41, 5.74) is 7.67. The summed E-state index contributed by atoms with van der Waals surface area (Å²) in [7, 11) is 1.75. The van der Waals surface area contributed by atoms with E-state index >= 15 is 0 Å². The van der Waals surface area contributed by atoms with E-state index in [1.807, 2.05) is 35.0 Å². The Bertz CT molecular complexity index is 757. The van der Waals surface area contributed by atoms with Gasteiger partial charge in [-0.1, -0.05) is 24.4 Å².